The molecule has 0 aliphatic heterocycles. The molecule has 0 fully saturated rings. The van der Waals surface area contributed by atoms with Gasteiger partial charge in [0.2, 0.25) is 0 Å². The van der Waals surface area contributed by atoms with Gasteiger partial charge in [0, 0.05) is 0 Å². The molecule has 2 N–H and O–H groups in total. The van der Waals surface area contributed by atoms with Gasteiger partial charge in [-0.05, 0) is 18.6 Å². The van der Waals surface area contributed by atoms with Crippen LogP contribution in [0.2, 0.25) is 0 Å². The van der Waals surface area contributed by atoms with Crippen molar-refractivity contribution in [3.8, 4) is 12.3 Å². The molecule has 4 heteroatoms. The van der Waals surface area contributed by atoms with Crippen molar-refractivity contribution in [3.63, 3.8) is 0 Å². The summed E-state index contributed by atoms with van der Waals surface area (Å²) in [5.41, 5.74) is 0.0633. The Bertz CT molecular complexity index is 480. The number of hydrogen-bond donors (Lipinski definition) is 2. The van der Waals surface area contributed by atoms with Crippen molar-refractivity contribution < 1.29 is 19.8 Å². The molecule has 0 atom stereocenters. The minimum absolute atomic E-state index is 0.0880. The van der Waals surface area contributed by atoms with Crippen LogP contribution in [-0.2, 0) is 0 Å². The highest BCUT2D eigenvalue weighted by atomic mass is 16.4. The average Bonchev–Trinajstić information content (AvgIpc) is 2.15. The number of aryl methyl sites for hydroxylation is 1. The van der Waals surface area contributed by atoms with Gasteiger partial charge in [0.1, 0.15) is 0 Å². The first-order chi connectivity index (χ1) is 6.99. The number of rotatable bonds is 2. The summed E-state index contributed by atoms with van der Waals surface area (Å²) >= 11 is 0. The predicted molar refractivity (Wildman–Crippen MR) is 53.0 cm³/mol. The fourth-order valence-corrected chi connectivity index (χ4v) is 1.31. The second-order valence-corrected chi connectivity index (χ2v) is 2.93. The van der Waals surface area contributed by atoms with Crippen LogP contribution in [0.3, 0.4) is 0 Å². The van der Waals surface area contributed by atoms with Crippen molar-refractivity contribution in [2.75, 3.05) is 0 Å². The van der Waals surface area contributed by atoms with Gasteiger partial charge in [0.15, 0.2) is 0 Å². The van der Waals surface area contributed by atoms with E-state index in [1.165, 1.54) is 12.1 Å². The molecule has 0 radical (unpaired) electrons. The molecule has 0 bridgehead atoms. The fraction of sp³-hybridized carbons (Fsp3) is 0.0909. The van der Waals surface area contributed by atoms with Crippen LogP contribution < -0.4 is 0 Å². The molecule has 0 unspecified atom stereocenters. The van der Waals surface area contributed by atoms with Gasteiger partial charge in [0.05, 0.1) is 16.7 Å². The van der Waals surface area contributed by atoms with Gasteiger partial charge in [-0.15, -0.1) is 6.42 Å². The topological polar surface area (TPSA) is 74.6 Å². The minimum Gasteiger partial charge on any atom is -0.478 e. The molecule has 0 saturated carbocycles. The molecular weight excluding hydrogens is 196 g/mol. The van der Waals surface area contributed by atoms with Gasteiger partial charge in [-0.25, -0.2) is 9.59 Å². The molecule has 1 aromatic carbocycles. The Morgan fingerprint density at radius 2 is 1.87 bits per heavy atom. The highest BCUT2D eigenvalue weighted by Crippen LogP contribution is 2.18. The zero-order valence-corrected chi connectivity index (χ0v) is 7.94. The van der Waals surface area contributed by atoms with Gasteiger partial charge < -0.3 is 10.2 Å². The van der Waals surface area contributed by atoms with Crippen LogP contribution in [0.5, 0.6) is 0 Å². The molecule has 76 valence electrons. The lowest BCUT2D eigenvalue weighted by Gasteiger charge is -2.06. The van der Waals surface area contributed by atoms with Crippen LogP contribution in [0.25, 0.3) is 0 Å². The first kappa shape index (κ1) is 10.8. The van der Waals surface area contributed by atoms with Gasteiger partial charge in [-0.2, -0.15) is 0 Å². The van der Waals surface area contributed by atoms with Crippen LogP contribution in [0.15, 0.2) is 12.1 Å². The zero-order chi connectivity index (χ0) is 11.6. The molecule has 0 aliphatic rings. The molecule has 0 aromatic heterocycles. The van der Waals surface area contributed by atoms with Crippen molar-refractivity contribution in [2.45, 2.75) is 6.92 Å². The normalized spacial score (nSPS) is 9.33. The second kappa shape index (κ2) is 3.84. The van der Waals surface area contributed by atoms with E-state index in [0.29, 0.717) is 5.56 Å². The Morgan fingerprint density at radius 1 is 1.27 bits per heavy atom. The van der Waals surface area contributed by atoms with E-state index in [2.05, 4.69) is 5.92 Å². The van der Waals surface area contributed by atoms with Crippen molar-refractivity contribution in [3.05, 3.63) is 34.4 Å². The predicted octanol–water partition coefficient (Wildman–Crippen LogP) is 1.37. The number of hydrogen-bond acceptors (Lipinski definition) is 2. The fourth-order valence-electron chi connectivity index (χ4n) is 1.31. The first-order valence-electron chi connectivity index (χ1n) is 4.05. The van der Waals surface area contributed by atoms with Crippen LogP contribution in [0.4, 0.5) is 0 Å². The number of carbonyl (C=O) groups is 2. The molecule has 15 heavy (non-hydrogen) atoms. The second-order valence-electron chi connectivity index (χ2n) is 2.93. The monoisotopic (exact) mass is 204 g/mol. The van der Waals surface area contributed by atoms with E-state index in [1.807, 2.05) is 0 Å². The van der Waals surface area contributed by atoms with Gasteiger partial charge >= 0.3 is 11.9 Å². The molecule has 1 aromatic rings. The molecule has 0 spiro atoms. The Morgan fingerprint density at radius 3 is 2.27 bits per heavy atom. The largest absolute Gasteiger partial charge is 0.478 e. The summed E-state index contributed by atoms with van der Waals surface area (Å²) in [5.74, 6) is -0.344. The summed E-state index contributed by atoms with van der Waals surface area (Å²) in [6.45, 7) is 1.57. The first-order valence-corrected chi connectivity index (χ1v) is 4.05. The molecule has 4 nitrogen and oxygen atoms in total. The summed E-state index contributed by atoms with van der Waals surface area (Å²) in [4.78, 5) is 21.7. The van der Waals surface area contributed by atoms with Gasteiger partial charge in [-0.1, -0.05) is 12.0 Å². The van der Waals surface area contributed by atoms with E-state index in [9.17, 15) is 9.59 Å². The summed E-state index contributed by atoms with van der Waals surface area (Å²) in [5, 5.41) is 17.7. The number of carboxylic acid groups (broad SMARTS) is 2. The Kier molecular flexibility index (Phi) is 2.77. The molecular formula is C11H8O4. The molecule has 1 rings (SSSR count). The molecule has 0 saturated heterocycles. The van der Waals surface area contributed by atoms with E-state index >= 15 is 0 Å². The van der Waals surface area contributed by atoms with E-state index in [4.69, 9.17) is 16.6 Å². The third-order valence-electron chi connectivity index (χ3n) is 2.00. The number of terminal acetylenes is 1. The number of carboxylic acids is 2. The molecule has 0 heterocycles. The summed E-state index contributed by atoms with van der Waals surface area (Å²) in [6.07, 6.45) is 5.12. The number of benzene rings is 1. The molecule has 0 amide bonds. The SMILES string of the molecule is C#Cc1c(C(=O)O)ccc(C)c1C(=O)O. The summed E-state index contributed by atoms with van der Waals surface area (Å²) < 4.78 is 0. The van der Waals surface area contributed by atoms with Crippen LogP contribution >= 0.6 is 0 Å². The minimum atomic E-state index is -1.23. The maximum atomic E-state index is 10.9. The maximum absolute atomic E-state index is 10.9. The Hall–Kier alpha value is -2.28. The van der Waals surface area contributed by atoms with Gasteiger partial charge in [-0.3, -0.25) is 0 Å². The lowest BCUT2D eigenvalue weighted by molar-refractivity contribution is 0.0695. The van der Waals surface area contributed by atoms with Crippen LogP contribution in [0.1, 0.15) is 31.8 Å². The third-order valence-corrected chi connectivity index (χ3v) is 2.00. The maximum Gasteiger partial charge on any atom is 0.337 e. The average molecular weight is 204 g/mol. The van der Waals surface area contributed by atoms with Crippen LogP contribution in [-0.4, -0.2) is 22.2 Å². The summed E-state index contributed by atoms with van der Waals surface area (Å²) in [6, 6.07) is 2.73. The van der Waals surface area contributed by atoms with E-state index in [0.717, 1.165) is 0 Å². The lowest BCUT2D eigenvalue weighted by Crippen LogP contribution is -2.09. The summed E-state index contributed by atoms with van der Waals surface area (Å²) in [7, 11) is 0. The van der Waals surface area contributed by atoms with Crippen molar-refractivity contribution in [1.29, 1.82) is 0 Å². The van der Waals surface area contributed by atoms with Crippen molar-refractivity contribution in [1.82, 2.24) is 0 Å². The number of aromatic carboxylic acids is 2. The van der Waals surface area contributed by atoms with Crippen LogP contribution in [0, 0.1) is 19.3 Å². The Labute approximate surface area is 86.2 Å². The standard InChI is InChI=1S/C11H8O4/c1-3-7-8(10(12)13)5-4-6(2)9(7)11(14)15/h1,4-5H,2H3,(H,12,13)(H,14,15). The smallest absolute Gasteiger partial charge is 0.337 e. The Balaban J connectivity index is 3.64. The highest BCUT2D eigenvalue weighted by molar-refractivity contribution is 5.99. The van der Waals surface area contributed by atoms with E-state index in [1.54, 1.807) is 6.92 Å². The lowest BCUT2D eigenvalue weighted by atomic mass is 9.97. The van der Waals surface area contributed by atoms with Crippen molar-refractivity contribution in [2.24, 2.45) is 0 Å². The quantitative estimate of drug-likeness (QED) is 0.713. The van der Waals surface area contributed by atoms with Crippen molar-refractivity contribution >= 4 is 11.9 Å². The van der Waals surface area contributed by atoms with Gasteiger partial charge in [0.25, 0.3) is 0 Å². The highest BCUT2D eigenvalue weighted by Gasteiger charge is 2.18. The van der Waals surface area contributed by atoms with E-state index in [-0.39, 0.29) is 16.7 Å². The third kappa shape index (κ3) is 1.81. The zero-order valence-electron chi connectivity index (χ0n) is 7.94. The van der Waals surface area contributed by atoms with E-state index < -0.39 is 11.9 Å². The molecule has 0 aliphatic carbocycles.